The molecule has 0 bridgehead atoms. The molecule has 0 aliphatic rings. The summed E-state index contributed by atoms with van der Waals surface area (Å²) in [5, 5.41) is 0. The first-order valence-corrected chi connectivity index (χ1v) is 4.61. The number of methoxy groups -OCH3 is 2. The van der Waals surface area contributed by atoms with Crippen molar-refractivity contribution in [2.75, 3.05) is 20.0 Å². The number of esters is 2. The quantitative estimate of drug-likeness (QED) is 0.500. The summed E-state index contributed by atoms with van der Waals surface area (Å²) in [6.07, 6.45) is 0. The molecule has 1 aromatic rings. The molecule has 6 heteroatoms. The maximum Gasteiger partial charge on any atom is 0.324 e. The molecule has 0 aliphatic heterocycles. The molecule has 0 saturated carbocycles. The number of carbonyl (C=O) groups is 2. The van der Waals surface area contributed by atoms with Crippen molar-refractivity contribution in [3.8, 4) is 0 Å². The van der Waals surface area contributed by atoms with Gasteiger partial charge in [0.25, 0.3) is 0 Å². The van der Waals surface area contributed by atoms with Crippen LogP contribution in [0.1, 0.15) is 11.5 Å². The number of hydrogen-bond donors (Lipinski definition) is 1. The predicted molar refractivity (Wildman–Crippen MR) is 64.9 cm³/mol. The van der Waals surface area contributed by atoms with E-state index >= 15 is 0 Å². The van der Waals surface area contributed by atoms with E-state index in [0.717, 1.165) is 0 Å². The Labute approximate surface area is 105 Å². The smallest absolute Gasteiger partial charge is 0.324 e. The molecule has 1 rings (SSSR count). The van der Waals surface area contributed by atoms with E-state index in [2.05, 4.69) is 9.47 Å². The van der Waals surface area contributed by atoms with Crippen molar-refractivity contribution in [2.24, 2.45) is 0 Å². The third-order valence-electron chi connectivity index (χ3n) is 2.14. The van der Waals surface area contributed by atoms with E-state index in [9.17, 15) is 9.59 Å². The first-order valence-electron chi connectivity index (χ1n) is 4.61. The first-order chi connectivity index (χ1) is 7.60. The van der Waals surface area contributed by atoms with Crippen LogP contribution >= 0.6 is 12.4 Å². The topological polar surface area (TPSA) is 78.6 Å². The number of hydrogen-bond acceptors (Lipinski definition) is 5. The monoisotopic (exact) mass is 259 g/mol. The van der Waals surface area contributed by atoms with E-state index in [1.807, 2.05) is 0 Å². The third-order valence-corrected chi connectivity index (χ3v) is 2.14. The van der Waals surface area contributed by atoms with Crippen LogP contribution in [0.15, 0.2) is 24.3 Å². The van der Waals surface area contributed by atoms with Gasteiger partial charge in [0.15, 0.2) is 5.92 Å². The van der Waals surface area contributed by atoms with Crippen molar-refractivity contribution in [2.45, 2.75) is 5.92 Å². The molecule has 0 aromatic heterocycles. The number of ether oxygens (including phenoxy) is 2. The highest BCUT2D eigenvalue weighted by Crippen LogP contribution is 2.20. The van der Waals surface area contributed by atoms with Gasteiger partial charge >= 0.3 is 11.9 Å². The van der Waals surface area contributed by atoms with Gasteiger partial charge in [-0.2, -0.15) is 0 Å². The Morgan fingerprint density at radius 2 is 1.47 bits per heavy atom. The fourth-order valence-electron chi connectivity index (χ4n) is 1.29. The van der Waals surface area contributed by atoms with Gasteiger partial charge < -0.3 is 15.2 Å². The molecule has 0 amide bonds. The maximum atomic E-state index is 11.4. The summed E-state index contributed by atoms with van der Waals surface area (Å²) < 4.78 is 9.10. The van der Waals surface area contributed by atoms with Crippen molar-refractivity contribution in [3.05, 3.63) is 29.8 Å². The van der Waals surface area contributed by atoms with Crippen molar-refractivity contribution < 1.29 is 19.1 Å². The van der Waals surface area contributed by atoms with Crippen molar-refractivity contribution in [3.63, 3.8) is 0 Å². The highest BCUT2D eigenvalue weighted by atomic mass is 35.5. The van der Waals surface area contributed by atoms with E-state index in [1.54, 1.807) is 24.3 Å². The molecule has 0 radical (unpaired) electrons. The average Bonchev–Trinajstić information content (AvgIpc) is 2.31. The van der Waals surface area contributed by atoms with Crippen LogP contribution in [0.2, 0.25) is 0 Å². The molecule has 0 atom stereocenters. The Bertz CT molecular complexity index is 375. The average molecular weight is 260 g/mol. The van der Waals surface area contributed by atoms with Crippen LogP contribution in [0.5, 0.6) is 0 Å². The summed E-state index contributed by atoms with van der Waals surface area (Å²) in [5.74, 6) is -2.37. The van der Waals surface area contributed by atoms with E-state index in [0.29, 0.717) is 11.3 Å². The Kier molecular flexibility index (Phi) is 6.06. The molecule has 1 aromatic carbocycles. The van der Waals surface area contributed by atoms with Crippen LogP contribution in [0.4, 0.5) is 5.69 Å². The zero-order chi connectivity index (χ0) is 12.1. The van der Waals surface area contributed by atoms with E-state index in [4.69, 9.17) is 5.73 Å². The van der Waals surface area contributed by atoms with Crippen molar-refractivity contribution in [1.82, 2.24) is 0 Å². The number of rotatable bonds is 3. The Morgan fingerprint density at radius 3 is 1.82 bits per heavy atom. The van der Waals surface area contributed by atoms with Gasteiger partial charge in [-0.25, -0.2) is 0 Å². The van der Waals surface area contributed by atoms with Gasteiger partial charge in [-0.1, -0.05) is 12.1 Å². The molecule has 0 saturated heterocycles. The zero-order valence-electron chi connectivity index (χ0n) is 9.51. The number of nitrogen functional groups attached to an aromatic ring is 1. The highest BCUT2D eigenvalue weighted by Gasteiger charge is 2.30. The van der Waals surface area contributed by atoms with Crippen molar-refractivity contribution >= 4 is 30.0 Å². The second-order valence-electron chi connectivity index (χ2n) is 3.15. The van der Waals surface area contributed by atoms with Crippen LogP contribution in [0.25, 0.3) is 0 Å². The van der Waals surface area contributed by atoms with Gasteiger partial charge in [-0.15, -0.1) is 12.4 Å². The minimum Gasteiger partial charge on any atom is -0.468 e. The highest BCUT2D eigenvalue weighted by molar-refractivity contribution is 6.00. The van der Waals surface area contributed by atoms with Gasteiger partial charge in [0.2, 0.25) is 0 Å². The van der Waals surface area contributed by atoms with Gasteiger partial charge in [0, 0.05) is 5.69 Å². The number of carbonyl (C=O) groups excluding carboxylic acids is 2. The standard InChI is InChI=1S/C11H13NO4.ClH/c1-15-10(13)9(11(14)16-2)7-3-5-8(12)6-4-7;/h3-6,9H,12H2,1-2H3;1H. The van der Waals surface area contributed by atoms with E-state index < -0.39 is 17.9 Å². The van der Waals surface area contributed by atoms with Crippen LogP contribution in [-0.2, 0) is 19.1 Å². The summed E-state index contributed by atoms with van der Waals surface area (Å²) in [5.41, 5.74) is 6.56. The molecule has 0 spiro atoms. The molecule has 2 N–H and O–H groups in total. The molecule has 17 heavy (non-hydrogen) atoms. The molecule has 0 unspecified atom stereocenters. The first kappa shape index (κ1) is 15.2. The number of nitrogens with two attached hydrogens (primary N) is 1. The van der Waals surface area contributed by atoms with Crippen molar-refractivity contribution in [1.29, 1.82) is 0 Å². The molecular formula is C11H14ClNO4. The summed E-state index contributed by atoms with van der Waals surface area (Å²) in [7, 11) is 2.44. The summed E-state index contributed by atoms with van der Waals surface area (Å²) in [6, 6.07) is 6.39. The van der Waals surface area contributed by atoms with Crippen LogP contribution in [-0.4, -0.2) is 26.2 Å². The Balaban J connectivity index is 0.00000256. The predicted octanol–water partition coefficient (Wildman–Crippen LogP) is 1.12. The fourth-order valence-corrected chi connectivity index (χ4v) is 1.29. The van der Waals surface area contributed by atoms with Gasteiger partial charge in [0.1, 0.15) is 0 Å². The molecule has 5 nitrogen and oxygen atoms in total. The summed E-state index contributed by atoms with van der Waals surface area (Å²) >= 11 is 0. The minimum atomic E-state index is -1.06. The second-order valence-corrected chi connectivity index (χ2v) is 3.15. The minimum absolute atomic E-state index is 0. The Morgan fingerprint density at radius 1 is 1.06 bits per heavy atom. The lowest BCUT2D eigenvalue weighted by Crippen LogP contribution is -2.24. The molecule has 94 valence electrons. The summed E-state index contributed by atoms with van der Waals surface area (Å²) in [6.45, 7) is 0. The largest absolute Gasteiger partial charge is 0.468 e. The molecule has 0 heterocycles. The van der Waals surface area contributed by atoms with E-state index in [-0.39, 0.29) is 12.4 Å². The summed E-state index contributed by atoms with van der Waals surface area (Å²) in [4.78, 5) is 22.9. The third kappa shape index (κ3) is 3.64. The van der Waals surface area contributed by atoms with Crippen LogP contribution in [0, 0.1) is 0 Å². The van der Waals surface area contributed by atoms with Gasteiger partial charge in [-0.3, -0.25) is 9.59 Å². The lowest BCUT2D eigenvalue weighted by Gasteiger charge is -2.12. The molecule has 0 aliphatic carbocycles. The SMILES string of the molecule is COC(=O)C(C(=O)OC)c1ccc(N)cc1.Cl. The molecule has 0 fully saturated rings. The fraction of sp³-hybridized carbons (Fsp3) is 0.273. The number of benzene rings is 1. The number of halogens is 1. The van der Waals surface area contributed by atoms with Crippen LogP contribution in [0.3, 0.4) is 0 Å². The maximum absolute atomic E-state index is 11.4. The zero-order valence-corrected chi connectivity index (χ0v) is 10.3. The molecular weight excluding hydrogens is 246 g/mol. The van der Waals surface area contributed by atoms with Gasteiger partial charge in [0.05, 0.1) is 14.2 Å². The lowest BCUT2D eigenvalue weighted by molar-refractivity contribution is -0.154. The second kappa shape index (κ2) is 6.75. The van der Waals surface area contributed by atoms with Gasteiger partial charge in [-0.05, 0) is 17.7 Å². The normalized spacial score (nSPS) is 9.35. The number of anilines is 1. The van der Waals surface area contributed by atoms with Crippen LogP contribution < -0.4 is 5.73 Å². The van der Waals surface area contributed by atoms with E-state index in [1.165, 1.54) is 14.2 Å². The Hall–Kier alpha value is -1.75. The lowest BCUT2D eigenvalue weighted by atomic mass is 9.99.